The van der Waals surface area contributed by atoms with Crippen LogP contribution in [-0.2, 0) is 4.79 Å². The first-order valence-corrected chi connectivity index (χ1v) is 8.88. The van der Waals surface area contributed by atoms with Crippen LogP contribution in [0.5, 0.6) is 17.2 Å². The molecule has 0 fully saturated rings. The number of aryl methyl sites for hydroxylation is 1. The highest BCUT2D eigenvalue weighted by Gasteiger charge is 2.12. The molecular weight excluding hydrogens is 366 g/mol. The first kappa shape index (κ1) is 18.8. The van der Waals surface area contributed by atoms with Crippen LogP contribution in [0.2, 0.25) is 0 Å². The molecule has 1 amide bonds. The van der Waals surface area contributed by atoms with Crippen molar-refractivity contribution in [1.29, 1.82) is 0 Å². The Bertz CT molecular complexity index is 857. The van der Waals surface area contributed by atoms with Crippen molar-refractivity contribution in [3.05, 3.63) is 47.5 Å². The SMILES string of the molecule is Cc1cccc(OCC(=O)NNC(=S)Nc2ccc3c(c2)OCCO3)c1C. The molecule has 0 spiro atoms. The number of benzene rings is 2. The van der Waals surface area contributed by atoms with E-state index >= 15 is 0 Å². The van der Waals surface area contributed by atoms with E-state index in [0.29, 0.717) is 30.5 Å². The van der Waals surface area contributed by atoms with Gasteiger partial charge in [-0.25, -0.2) is 0 Å². The van der Waals surface area contributed by atoms with Crippen molar-refractivity contribution in [2.24, 2.45) is 0 Å². The van der Waals surface area contributed by atoms with Gasteiger partial charge < -0.3 is 19.5 Å². The predicted octanol–water partition coefficient (Wildman–Crippen LogP) is 2.47. The highest BCUT2D eigenvalue weighted by Crippen LogP contribution is 2.32. The third-order valence-electron chi connectivity index (χ3n) is 4.03. The average Bonchev–Trinajstić information content (AvgIpc) is 2.67. The molecule has 0 aromatic heterocycles. The van der Waals surface area contributed by atoms with Crippen molar-refractivity contribution >= 4 is 28.9 Å². The Balaban J connectivity index is 1.44. The van der Waals surface area contributed by atoms with Gasteiger partial charge in [-0.05, 0) is 55.4 Å². The molecule has 7 nitrogen and oxygen atoms in total. The second-order valence-corrected chi connectivity index (χ2v) is 6.38. The maximum Gasteiger partial charge on any atom is 0.276 e. The number of nitrogens with one attached hydrogen (secondary N) is 3. The van der Waals surface area contributed by atoms with Gasteiger partial charge in [-0.3, -0.25) is 15.6 Å². The van der Waals surface area contributed by atoms with E-state index in [-0.39, 0.29) is 17.6 Å². The fraction of sp³-hybridized carbons (Fsp3) is 0.263. The van der Waals surface area contributed by atoms with E-state index in [2.05, 4.69) is 16.2 Å². The van der Waals surface area contributed by atoms with Gasteiger partial charge >= 0.3 is 0 Å². The number of amides is 1. The van der Waals surface area contributed by atoms with Crippen molar-refractivity contribution < 1.29 is 19.0 Å². The average molecular weight is 387 g/mol. The lowest BCUT2D eigenvalue weighted by Crippen LogP contribution is -2.45. The van der Waals surface area contributed by atoms with Crippen LogP contribution in [0.1, 0.15) is 11.1 Å². The number of ether oxygens (including phenoxy) is 3. The Morgan fingerprint density at radius 3 is 2.70 bits per heavy atom. The molecule has 0 atom stereocenters. The quantitative estimate of drug-likeness (QED) is 0.549. The number of fused-ring (bicyclic) bond motifs is 1. The second-order valence-electron chi connectivity index (χ2n) is 5.97. The van der Waals surface area contributed by atoms with Gasteiger partial charge in [-0.15, -0.1) is 0 Å². The molecule has 2 aromatic carbocycles. The zero-order valence-corrected chi connectivity index (χ0v) is 15.9. The van der Waals surface area contributed by atoms with Crippen molar-refractivity contribution in [2.45, 2.75) is 13.8 Å². The van der Waals surface area contributed by atoms with Crippen molar-refractivity contribution in [2.75, 3.05) is 25.1 Å². The Labute approximate surface area is 163 Å². The highest BCUT2D eigenvalue weighted by molar-refractivity contribution is 7.80. The summed E-state index contributed by atoms with van der Waals surface area (Å²) < 4.78 is 16.5. The van der Waals surface area contributed by atoms with Gasteiger partial charge in [-0.1, -0.05) is 12.1 Å². The van der Waals surface area contributed by atoms with Crippen LogP contribution in [0, 0.1) is 13.8 Å². The van der Waals surface area contributed by atoms with Crippen molar-refractivity contribution in [1.82, 2.24) is 10.9 Å². The molecule has 27 heavy (non-hydrogen) atoms. The molecule has 0 saturated heterocycles. The van der Waals surface area contributed by atoms with Gasteiger partial charge in [-0.2, -0.15) is 0 Å². The normalized spacial score (nSPS) is 12.1. The summed E-state index contributed by atoms with van der Waals surface area (Å²) in [5, 5.41) is 3.21. The maximum absolute atomic E-state index is 11.9. The van der Waals surface area contributed by atoms with E-state index in [1.165, 1.54) is 0 Å². The lowest BCUT2D eigenvalue weighted by atomic mass is 10.1. The standard InChI is InChI=1S/C19H21N3O4S/c1-12-4-3-5-15(13(12)2)26-11-18(23)21-22-19(27)20-14-6-7-16-17(10-14)25-9-8-24-16/h3-7,10H,8-9,11H2,1-2H3,(H,21,23)(H2,20,22,27). The number of hydrogen-bond acceptors (Lipinski definition) is 5. The molecule has 0 aliphatic carbocycles. The lowest BCUT2D eigenvalue weighted by Gasteiger charge is -2.19. The van der Waals surface area contributed by atoms with Gasteiger partial charge in [0.1, 0.15) is 19.0 Å². The van der Waals surface area contributed by atoms with Gasteiger partial charge in [0.05, 0.1) is 0 Å². The Kier molecular flexibility index (Phi) is 5.97. The summed E-state index contributed by atoms with van der Waals surface area (Å²) in [6.07, 6.45) is 0. The Morgan fingerprint density at radius 2 is 1.89 bits per heavy atom. The van der Waals surface area contributed by atoms with Crippen molar-refractivity contribution in [3.63, 3.8) is 0 Å². The summed E-state index contributed by atoms with van der Waals surface area (Å²) in [6, 6.07) is 11.1. The topological polar surface area (TPSA) is 80.9 Å². The monoisotopic (exact) mass is 387 g/mol. The summed E-state index contributed by atoms with van der Waals surface area (Å²) in [5.41, 5.74) is 7.97. The van der Waals surface area contributed by atoms with E-state index in [4.69, 9.17) is 26.4 Å². The molecule has 0 radical (unpaired) electrons. The van der Waals surface area contributed by atoms with E-state index in [1.54, 1.807) is 12.1 Å². The number of carbonyl (C=O) groups excluding carboxylic acids is 1. The van der Waals surface area contributed by atoms with Crippen LogP contribution in [0.4, 0.5) is 5.69 Å². The van der Waals surface area contributed by atoms with Gasteiger partial charge in [0.2, 0.25) is 0 Å². The second kappa shape index (κ2) is 8.59. The number of hydrazine groups is 1. The maximum atomic E-state index is 11.9. The first-order chi connectivity index (χ1) is 13.0. The molecule has 0 bridgehead atoms. The largest absolute Gasteiger partial charge is 0.486 e. The molecule has 8 heteroatoms. The molecular formula is C19H21N3O4S. The van der Waals surface area contributed by atoms with Gasteiger partial charge in [0, 0.05) is 11.8 Å². The Hall–Kier alpha value is -3.00. The molecule has 3 N–H and O–H groups in total. The molecule has 1 heterocycles. The van der Waals surface area contributed by atoms with Crippen LogP contribution in [0.3, 0.4) is 0 Å². The number of rotatable bonds is 4. The molecule has 2 aromatic rings. The highest BCUT2D eigenvalue weighted by atomic mass is 32.1. The zero-order valence-electron chi connectivity index (χ0n) is 15.1. The summed E-state index contributed by atoms with van der Waals surface area (Å²) >= 11 is 5.17. The minimum absolute atomic E-state index is 0.121. The van der Waals surface area contributed by atoms with E-state index in [1.807, 2.05) is 38.1 Å². The minimum atomic E-state index is -0.345. The number of thiocarbonyl (C=S) groups is 1. The summed E-state index contributed by atoms with van der Waals surface area (Å²) in [6.45, 7) is 4.87. The van der Waals surface area contributed by atoms with E-state index in [0.717, 1.165) is 16.8 Å². The molecule has 1 aliphatic rings. The third-order valence-corrected chi connectivity index (χ3v) is 4.23. The first-order valence-electron chi connectivity index (χ1n) is 8.47. The number of hydrogen-bond donors (Lipinski definition) is 3. The van der Waals surface area contributed by atoms with Crippen LogP contribution >= 0.6 is 12.2 Å². The van der Waals surface area contributed by atoms with Gasteiger partial charge in [0.15, 0.2) is 23.2 Å². The Morgan fingerprint density at radius 1 is 1.11 bits per heavy atom. The molecule has 3 rings (SSSR count). The summed E-state index contributed by atoms with van der Waals surface area (Å²) in [7, 11) is 0. The molecule has 0 saturated carbocycles. The van der Waals surface area contributed by atoms with Crippen molar-refractivity contribution in [3.8, 4) is 17.2 Å². The van der Waals surface area contributed by atoms with Gasteiger partial charge in [0.25, 0.3) is 5.91 Å². The van der Waals surface area contributed by atoms with Crippen LogP contribution < -0.4 is 30.4 Å². The summed E-state index contributed by atoms with van der Waals surface area (Å²) in [4.78, 5) is 11.9. The van der Waals surface area contributed by atoms with Crippen LogP contribution in [-0.4, -0.2) is 30.8 Å². The zero-order chi connectivity index (χ0) is 19.2. The predicted molar refractivity (Wildman–Crippen MR) is 106 cm³/mol. The van der Waals surface area contributed by atoms with E-state index < -0.39 is 0 Å². The smallest absolute Gasteiger partial charge is 0.276 e. The number of anilines is 1. The molecule has 142 valence electrons. The van der Waals surface area contributed by atoms with E-state index in [9.17, 15) is 4.79 Å². The third kappa shape index (κ3) is 5.01. The lowest BCUT2D eigenvalue weighted by molar-refractivity contribution is -0.123. The van der Waals surface area contributed by atoms with Crippen LogP contribution in [0.25, 0.3) is 0 Å². The minimum Gasteiger partial charge on any atom is -0.486 e. The van der Waals surface area contributed by atoms with Crippen LogP contribution in [0.15, 0.2) is 36.4 Å². The fourth-order valence-corrected chi connectivity index (χ4v) is 2.64. The molecule has 0 unspecified atom stereocenters. The summed E-state index contributed by atoms with van der Waals surface area (Å²) in [5.74, 6) is 1.69. The molecule has 1 aliphatic heterocycles. The fourth-order valence-electron chi connectivity index (χ4n) is 2.47. The number of carbonyl (C=O) groups is 1.